The second-order valence-corrected chi connectivity index (χ2v) is 7.07. The van der Waals surface area contributed by atoms with Gasteiger partial charge in [0.15, 0.2) is 0 Å². The number of nitrogens with one attached hydrogen (secondary N) is 2. The van der Waals surface area contributed by atoms with Crippen LogP contribution in [0.2, 0.25) is 0 Å². The summed E-state index contributed by atoms with van der Waals surface area (Å²) in [5.41, 5.74) is 1.25. The first-order valence-corrected chi connectivity index (χ1v) is 8.46. The zero-order valence-electron chi connectivity index (χ0n) is 10.3. The standard InChI is InChI=1S/C13H18N2OS2/c16-13(15-9-2-1-5-14-8-9)12-10-3-6-17-11(10)4-7-18-12/h3,6,9,12,14H,1-2,4-5,7-8H2,(H,15,16). The molecule has 2 N–H and O–H groups in total. The fourth-order valence-electron chi connectivity index (χ4n) is 2.62. The van der Waals surface area contributed by atoms with Gasteiger partial charge >= 0.3 is 0 Å². The summed E-state index contributed by atoms with van der Waals surface area (Å²) in [6, 6.07) is 2.44. The van der Waals surface area contributed by atoms with E-state index in [1.165, 1.54) is 10.4 Å². The molecular formula is C13H18N2OS2. The number of aryl methyl sites for hydroxylation is 1. The van der Waals surface area contributed by atoms with Crippen LogP contribution in [0.15, 0.2) is 11.4 Å². The van der Waals surface area contributed by atoms with Crippen molar-refractivity contribution >= 4 is 29.0 Å². The van der Waals surface area contributed by atoms with Gasteiger partial charge in [-0.2, -0.15) is 0 Å². The highest BCUT2D eigenvalue weighted by Crippen LogP contribution is 2.39. The minimum Gasteiger partial charge on any atom is -0.351 e. The molecule has 2 aliphatic heterocycles. The fourth-order valence-corrected chi connectivity index (χ4v) is 4.92. The van der Waals surface area contributed by atoms with Gasteiger partial charge in [-0.1, -0.05) is 0 Å². The summed E-state index contributed by atoms with van der Waals surface area (Å²) in [7, 11) is 0. The number of amides is 1. The molecule has 98 valence electrons. The summed E-state index contributed by atoms with van der Waals surface area (Å²) in [5.74, 6) is 1.27. The molecule has 3 heterocycles. The van der Waals surface area contributed by atoms with Crippen LogP contribution in [-0.2, 0) is 11.2 Å². The van der Waals surface area contributed by atoms with Crippen molar-refractivity contribution in [3.63, 3.8) is 0 Å². The van der Waals surface area contributed by atoms with Crippen molar-refractivity contribution in [2.45, 2.75) is 30.6 Å². The number of piperidine rings is 1. The lowest BCUT2D eigenvalue weighted by Crippen LogP contribution is -2.47. The first-order valence-electron chi connectivity index (χ1n) is 6.53. The first kappa shape index (κ1) is 12.5. The summed E-state index contributed by atoms with van der Waals surface area (Å²) in [4.78, 5) is 13.8. The molecule has 5 heteroatoms. The molecule has 0 aliphatic carbocycles. The number of carbonyl (C=O) groups excluding carboxylic acids is 1. The van der Waals surface area contributed by atoms with E-state index in [9.17, 15) is 4.79 Å². The van der Waals surface area contributed by atoms with E-state index in [4.69, 9.17) is 0 Å². The molecule has 3 nitrogen and oxygen atoms in total. The molecule has 0 aromatic carbocycles. The Bertz CT molecular complexity index is 426. The van der Waals surface area contributed by atoms with Gasteiger partial charge in [0.25, 0.3) is 0 Å². The van der Waals surface area contributed by atoms with Gasteiger partial charge in [-0.15, -0.1) is 23.1 Å². The van der Waals surface area contributed by atoms with Crippen molar-refractivity contribution in [3.8, 4) is 0 Å². The number of carbonyl (C=O) groups is 1. The quantitative estimate of drug-likeness (QED) is 0.871. The van der Waals surface area contributed by atoms with Crippen molar-refractivity contribution in [3.05, 3.63) is 21.9 Å². The Morgan fingerprint density at radius 2 is 2.44 bits per heavy atom. The largest absolute Gasteiger partial charge is 0.351 e. The lowest BCUT2D eigenvalue weighted by Gasteiger charge is -2.27. The Morgan fingerprint density at radius 1 is 1.50 bits per heavy atom. The second-order valence-electron chi connectivity index (χ2n) is 4.85. The van der Waals surface area contributed by atoms with Crippen LogP contribution in [0.25, 0.3) is 0 Å². The number of fused-ring (bicyclic) bond motifs is 1. The molecular weight excluding hydrogens is 264 g/mol. The molecule has 2 unspecified atom stereocenters. The van der Waals surface area contributed by atoms with Crippen LogP contribution in [0.5, 0.6) is 0 Å². The molecule has 1 saturated heterocycles. The summed E-state index contributed by atoms with van der Waals surface area (Å²) in [6.45, 7) is 2.00. The average molecular weight is 282 g/mol. The molecule has 1 aromatic heterocycles. The smallest absolute Gasteiger partial charge is 0.237 e. The zero-order chi connectivity index (χ0) is 12.4. The van der Waals surface area contributed by atoms with Gasteiger partial charge in [0.1, 0.15) is 5.25 Å². The minimum absolute atomic E-state index is 0.0157. The van der Waals surface area contributed by atoms with Gasteiger partial charge in [-0.3, -0.25) is 4.79 Å². The number of hydrogen-bond donors (Lipinski definition) is 2. The minimum atomic E-state index is 0.0157. The third kappa shape index (κ3) is 2.58. The van der Waals surface area contributed by atoms with Gasteiger partial charge in [-0.25, -0.2) is 0 Å². The van der Waals surface area contributed by atoms with Crippen LogP contribution < -0.4 is 10.6 Å². The predicted octanol–water partition coefficient (Wildman–Crippen LogP) is 1.95. The highest BCUT2D eigenvalue weighted by molar-refractivity contribution is 8.00. The van der Waals surface area contributed by atoms with E-state index < -0.39 is 0 Å². The number of thiophene rings is 1. The molecule has 1 amide bonds. The van der Waals surface area contributed by atoms with Crippen LogP contribution in [0, 0.1) is 0 Å². The Kier molecular flexibility index (Phi) is 3.91. The summed E-state index contributed by atoms with van der Waals surface area (Å²) < 4.78 is 0. The van der Waals surface area contributed by atoms with Crippen LogP contribution in [0.3, 0.4) is 0 Å². The maximum Gasteiger partial charge on any atom is 0.237 e. The molecule has 2 atom stereocenters. The van der Waals surface area contributed by atoms with Crippen molar-refractivity contribution in [2.24, 2.45) is 0 Å². The highest BCUT2D eigenvalue weighted by Gasteiger charge is 2.29. The van der Waals surface area contributed by atoms with Gasteiger partial charge in [0.2, 0.25) is 5.91 Å². The molecule has 18 heavy (non-hydrogen) atoms. The Hall–Kier alpha value is -0.520. The second kappa shape index (κ2) is 5.63. The van der Waals surface area contributed by atoms with Gasteiger partial charge in [-0.05, 0) is 48.6 Å². The monoisotopic (exact) mass is 282 g/mol. The van der Waals surface area contributed by atoms with E-state index in [0.29, 0.717) is 6.04 Å². The normalized spacial score (nSPS) is 27.6. The zero-order valence-corrected chi connectivity index (χ0v) is 11.9. The molecule has 1 aromatic rings. The van der Waals surface area contributed by atoms with Crippen molar-refractivity contribution < 1.29 is 4.79 Å². The van der Waals surface area contributed by atoms with Crippen LogP contribution in [0.4, 0.5) is 0 Å². The fraction of sp³-hybridized carbons (Fsp3) is 0.615. The van der Waals surface area contributed by atoms with E-state index in [2.05, 4.69) is 22.1 Å². The van der Waals surface area contributed by atoms with E-state index >= 15 is 0 Å². The summed E-state index contributed by atoms with van der Waals surface area (Å²) >= 11 is 3.57. The average Bonchev–Trinajstić information content (AvgIpc) is 2.87. The molecule has 0 spiro atoms. The van der Waals surface area contributed by atoms with Gasteiger partial charge < -0.3 is 10.6 Å². The van der Waals surface area contributed by atoms with Gasteiger partial charge in [0, 0.05) is 17.5 Å². The maximum absolute atomic E-state index is 12.4. The van der Waals surface area contributed by atoms with Crippen molar-refractivity contribution in [2.75, 3.05) is 18.8 Å². The van der Waals surface area contributed by atoms with Crippen molar-refractivity contribution in [1.29, 1.82) is 0 Å². The number of rotatable bonds is 2. The van der Waals surface area contributed by atoms with Gasteiger partial charge in [0.05, 0.1) is 0 Å². The van der Waals surface area contributed by atoms with E-state index in [1.54, 1.807) is 23.1 Å². The maximum atomic E-state index is 12.4. The lowest BCUT2D eigenvalue weighted by atomic mass is 10.1. The van der Waals surface area contributed by atoms with Crippen LogP contribution in [0.1, 0.15) is 28.5 Å². The predicted molar refractivity (Wildman–Crippen MR) is 77.3 cm³/mol. The van der Waals surface area contributed by atoms with Crippen molar-refractivity contribution in [1.82, 2.24) is 10.6 Å². The third-order valence-corrected chi connectivity index (χ3v) is 5.80. The third-order valence-electron chi connectivity index (χ3n) is 3.56. The molecule has 3 rings (SSSR count). The molecule has 1 fully saturated rings. The van der Waals surface area contributed by atoms with Crippen LogP contribution in [-0.4, -0.2) is 30.8 Å². The Balaban J connectivity index is 1.66. The first-order chi connectivity index (χ1) is 8.84. The topological polar surface area (TPSA) is 41.1 Å². The van der Waals surface area contributed by atoms with E-state index in [1.807, 2.05) is 0 Å². The summed E-state index contributed by atoms with van der Waals surface area (Å²) in [5, 5.41) is 8.67. The summed E-state index contributed by atoms with van der Waals surface area (Å²) in [6.07, 6.45) is 3.38. The molecule has 2 aliphatic rings. The number of thioether (sulfide) groups is 1. The molecule has 0 saturated carbocycles. The Morgan fingerprint density at radius 3 is 3.28 bits per heavy atom. The highest BCUT2D eigenvalue weighted by atomic mass is 32.2. The number of hydrogen-bond acceptors (Lipinski definition) is 4. The van der Waals surface area contributed by atoms with E-state index in [-0.39, 0.29) is 11.2 Å². The SMILES string of the molecule is O=C(NC1CCCNC1)C1SCCc2sccc21. The van der Waals surface area contributed by atoms with Crippen LogP contribution >= 0.6 is 23.1 Å². The molecule has 0 radical (unpaired) electrons. The Labute approximate surface area is 116 Å². The molecule has 0 bridgehead atoms. The lowest BCUT2D eigenvalue weighted by molar-refractivity contribution is -0.121. The van der Waals surface area contributed by atoms with E-state index in [0.717, 1.165) is 38.1 Å².